The van der Waals surface area contributed by atoms with Crippen LogP contribution in [-0.2, 0) is 22.6 Å². The number of allylic oxidation sites excluding steroid dienone is 1. The molecule has 1 aliphatic carbocycles. The number of rotatable bonds is 11. The van der Waals surface area contributed by atoms with Crippen LogP contribution in [0.15, 0.2) is 103 Å². The maximum absolute atomic E-state index is 12.3. The quantitative estimate of drug-likeness (QED) is 0.155. The zero-order valence-electron chi connectivity index (χ0n) is 28.8. The third-order valence-electron chi connectivity index (χ3n) is 9.10. The van der Waals surface area contributed by atoms with E-state index in [2.05, 4.69) is 102 Å². The number of piperazine rings is 1. The molecular formula is C42H48N2O4. The molecule has 6 nitrogen and oxygen atoms in total. The standard InChI is InChI=1S/C42H48N2O4/c1-31(44-25-23-43(24-26-44)28-40(45)48-42(2,3)4)29-46-36-18-15-34(16-19-36)41-38(33-13-9-6-10-14-33)21-17-35-27-37(20-22-39(35)41)47-30-32-11-7-5-8-12-32/h5-16,18-20,22,27,31H,17,21,23-26,28-30H2,1-4H3/t31-/m1/s1. The highest BCUT2D eigenvalue weighted by atomic mass is 16.6. The number of fused-ring (bicyclic) bond motifs is 1. The maximum atomic E-state index is 12.3. The summed E-state index contributed by atoms with van der Waals surface area (Å²) in [5.74, 6) is 1.62. The van der Waals surface area contributed by atoms with Gasteiger partial charge in [-0.05, 0) is 104 Å². The van der Waals surface area contributed by atoms with Crippen LogP contribution in [0.3, 0.4) is 0 Å². The Labute approximate surface area is 285 Å². The summed E-state index contributed by atoms with van der Waals surface area (Å²) in [6.07, 6.45) is 1.94. The monoisotopic (exact) mass is 644 g/mol. The van der Waals surface area contributed by atoms with Crippen LogP contribution in [0.4, 0.5) is 0 Å². The fourth-order valence-electron chi connectivity index (χ4n) is 6.62. The van der Waals surface area contributed by atoms with E-state index in [1.54, 1.807) is 0 Å². The van der Waals surface area contributed by atoms with Gasteiger partial charge in [0.2, 0.25) is 0 Å². The summed E-state index contributed by atoms with van der Waals surface area (Å²) in [4.78, 5) is 16.9. The van der Waals surface area contributed by atoms with Gasteiger partial charge in [-0.15, -0.1) is 0 Å². The van der Waals surface area contributed by atoms with Crippen LogP contribution in [-0.4, -0.2) is 66.7 Å². The lowest BCUT2D eigenvalue weighted by Crippen LogP contribution is -2.52. The molecule has 0 spiro atoms. The summed E-state index contributed by atoms with van der Waals surface area (Å²) < 4.78 is 18.0. The lowest BCUT2D eigenvalue weighted by Gasteiger charge is -2.37. The first kappa shape index (κ1) is 33.5. The summed E-state index contributed by atoms with van der Waals surface area (Å²) >= 11 is 0. The first-order valence-electron chi connectivity index (χ1n) is 17.2. The van der Waals surface area contributed by atoms with Crippen molar-refractivity contribution in [3.05, 3.63) is 131 Å². The number of hydrogen-bond donors (Lipinski definition) is 0. The van der Waals surface area contributed by atoms with Crippen LogP contribution in [0.25, 0.3) is 11.1 Å². The maximum Gasteiger partial charge on any atom is 0.320 e. The fraction of sp³-hybridized carbons (Fsp3) is 0.357. The second-order valence-corrected chi connectivity index (χ2v) is 13.9. The number of benzene rings is 4. The molecule has 0 aromatic heterocycles. The van der Waals surface area contributed by atoms with Gasteiger partial charge in [0, 0.05) is 32.2 Å². The summed E-state index contributed by atoms with van der Waals surface area (Å²) in [6, 6.07) is 36.5. The first-order chi connectivity index (χ1) is 23.2. The van der Waals surface area contributed by atoms with E-state index < -0.39 is 5.60 Å². The summed E-state index contributed by atoms with van der Waals surface area (Å²) in [6.45, 7) is 13.0. The van der Waals surface area contributed by atoms with Crippen LogP contribution in [0.1, 0.15) is 61.9 Å². The molecule has 0 unspecified atom stereocenters. The number of ether oxygens (including phenoxy) is 3. The van der Waals surface area contributed by atoms with Crippen molar-refractivity contribution in [1.29, 1.82) is 0 Å². The van der Waals surface area contributed by atoms with Gasteiger partial charge in [0.25, 0.3) is 0 Å². The Morgan fingerprint density at radius 2 is 1.42 bits per heavy atom. The van der Waals surface area contributed by atoms with Crippen LogP contribution in [0.2, 0.25) is 0 Å². The average Bonchev–Trinajstić information content (AvgIpc) is 3.09. The van der Waals surface area contributed by atoms with Gasteiger partial charge in [0.05, 0.1) is 6.54 Å². The predicted octanol–water partition coefficient (Wildman–Crippen LogP) is 7.90. The Kier molecular flexibility index (Phi) is 10.6. The summed E-state index contributed by atoms with van der Waals surface area (Å²) in [5.41, 5.74) is 8.40. The molecule has 0 N–H and O–H groups in total. The predicted molar refractivity (Wildman–Crippen MR) is 193 cm³/mol. The van der Waals surface area contributed by atoms with Crippen molar-refractivity contribution >= 4 is 17.1 Å². The third-order valence-corrected chi connectivity index (χ3v) is 9.10. The molecule has 1 atom stereocenters. The van der Waals surface area contributed by atoms with Gasteiger partial charge >= 0.3 is 5.97 Å². The second-order valence-electron chi connectivity index (χ2n) is 13.9. The molecule has 4 aromatic carbocycles. The molecule has 0 amide bonds. The molecule has 2 aliphatic rings. The number of carbonyl (C=O) groups is 1. The minimum atomic E-state index is -0.451. The van der Waals surface area contributed by atoms with Crippen LogP contribution in [0.5, 0.6) is 11.5 Å². The average molecular weight is 645 g/mol. The Morgan fingerprint density at radius 3 is 2.10 bits per heavy atom. The van der Waals surface area contributed by atoms with Crippen molar-refractivity contribution < 1.29 is 19.0 Å². The molecular weight excluding hydrogens is 596 g/mol. The number of esters is 1. The molecule has 250 valence electrons. The molecule has 4 aromatic rings. The largest absolute Gasteiger partial charge is 0.492 e. The van der Waals surface area contributed by atoms with Gasteiger partial charge < -0.3 is 14.2 Å². The van der Waals surface area contributed by atoms with E-state index in [4.69, 9.17) is 14.2 Å². The Morgan fingerprint density at radius 1 is 0.750 bits per heavy atom. The van der Waals surface area contributed by atoms with E-state index in [1.165, 1.54) is 33.4 Å². The van der Waals surface area contributed by atoms with Crippen molar-refractivity contribution in [3.63, 3.8) is 0 Å². The smallest absolute Gasteiger partial charge is 0.320 e. The van der Waals surface area contributed by atoms with E-state index in [0.29, 0.717) is 19.8 Å². The first-order valence-corrected chi connectivity index (χ1v) is 17.2. The molecule has 6 heteroatoms. The van der Waals surface area contributed by atoms with Crippen LogP contribution >= 0.6 is 0 Å². The minimum Gasteiger partial charge on any atom is -0.492 e. The molecule has 0 radical (unpaired) electrons. The van der Waals surface area contributed by atoms with E-state index in [1.807, 2.05) is 39.0 Å². The molecule has 0 saturated carbocycles. The molecule has 1 heterocycles. The van der Waals surface area contributed by atoms with Gasteiger partial charge in [-0.2, -0.15) is 0 Å². The SMILES string of the molecule is C[C@H](COc1ccc(C2=C(c3ccccc3)CCc3cc(OCc4ccccc4)ccc32)cc1)N1CCN(CC(=O)OC(C)(C)C)CC1. The zero-order chi connectivity index (χ0) is 33.5. The Bertz CT molecular complexity index is 1690. The van der Waals surface area contributed by atoms with E-state index in [-0.39, 0.29) is 12.0 Å². The number of nitrogens with zero attached hydrogens (tertiary/aromatic N) is 2. The van der Waals surface area contributed by atoms with Gasteiger partial charge in [0.15, 0.2) is 0 Å². The number of hydrogen-bond acceptors (Lipinski definition) is 6. The van der Waals surface area contributed by atoms with Crippen molar-refractivity contribution in [1.82, 2.24) is 9.80 Å². The van der Waals surface area contributed by atoms with Crippen molar-refractivity contribution in [2.24, 2.45) is 0 Å². The molecule has 0 bridgehead atoms. The van der Waals surface area contributed by atoms with Gasteiger partial charge in [0.1, 0.15) is 30.3 Å². The van der Waals surface area contributed by atoms with Gasteiger partial charge in [-0.1, -0.05) is 78.9 Å². The van der Waals surface area contributed by atoms with Gasteiger partial charge in [-0.3, -0.25) is 14.6 Å². The lowest BCUT2D eigenvalue weighted by molar-refractivity contribution is -0.156. The molecule has 1 fully saturated rings. The molecule has 6 rings (SSSR count). The van der Waals surface area contributed by atoms with E-state index in [9.17, 15) is 4.79 Å². The van der Waals surface area contributed by atoms with Crippen LogP contribution in [0, 0.1) is 0 Å². The number of carbonyl (C=O) groups excluding carboxylic acids is 1. The Balaban J connectivity index is 1.11. The lowest BCUT2D eigenvalue weighted by atomic mass is 9.79. The molecule has 48 heavy (non-hydrogen) atoms. The van der Waals surface area contributed by atoms with E-state index in [0.717, 1.165) is 56.1 Å². The van der Waals surface area contributed by atoms with Crippen molar-refractivity contribution in [2.75, 3.05) is 39.3 Å². The highest BCUT2D eigenvalue weighted by Gasteiger charge is 2.26. The topological polar surface area (TPSA) is 51.2 Å². The summed E-state index contributed by atoms with van der Waals surface area (Å²) in [7, 11) is 0. The summed E-state index contributed by atoms with van der Waals surface area (Å²) in [5, 5.41) is 0. The zero-order valence-corrected chi connectivity index (χ0v) is 28.8. The fourth-order valence-corrected chi connectivity index (χ4v) is 6.62. The highest BCUT2D eigenvalue weighted by molar-refractivity contribution is 6.00. The van der Waals surface area contributed by atoms with E-state index >= 15 is 0 Å². The van der Waals surface area contributed by atoms with Crippen molar-refractivity contribution in [3.8, 4) is 11.5 Å². The number of aryl methyl sites for hydroxylation is 1. The minimum absolute atomic E-state index is 0.156. The second kappa shape index (κ2) is 15.2. The molecule has 1 saturated heterocycles. The molecule has 1 aliphatic heterocycles. The van der Waals surface area contributed by atoms with Crippen LogP contribution < -0.4 is 9.47 Å². The normalized spacial score (nSPS) is 16.2. The van der Waals surface area contributed by atoms with Crippen molar-refractivity contribution in [2.45, 2.75) is 58.8 Å². The third kappa shape index (κ3) is 8.74. The highest BCUT2D eigenvalue weighted by Crippen LogP contribution is 2.42. The Hall–Kier alpha value is -4.39. The van der Waals surface area contributed by atoms with Gasteiger partial charge in [-0.25, -0.2) is 0 Å².